The van der Waals surface area contributed by atoms with Crippen molar-refractivity contribution in [2.75, 3.05) is 57.6 Å². The zero-order valence-electron chi connectivity index (χ0n) is 19.9. The number of hydrogen-bond donors (Lipinski definition) is 3. The number of methoxy groups -OCH3 is 2. The van der Waals surface area contributed by atoms with E-state index in [0.29, 0.717) is 43.2 Å². The molecular weight excluding hydrogens is 460 g/mol. The number of sulfonamides is 1. The number of nitrogens with one attached hydrogen (secondary N) is 3. The Labute approximate surface area is 200 Å². The fourth-order valence-electron chi connectivity index (χ4n) is 3.22. The van der Waals surface area contributed by atoms with E-state index in [1.165, 1.54) is 29.6 Å². The van der Waals surface area contributed by atoms with Crippen molar-refractivity contribution in [3.8, 4) is 5.75 Å². The number of carbonyl (C=O) groups excluding carboxylic acids is 2. The largest absolute Gasteiger partial charge is 0.495 e. The normalized spacial score (nSPS) is 11.2. The zero-order valence-corrected chi connectivity index (χ0v) is 20.7. The number of rotatable bonds is 13. The second-order valence-electron chi connectivity index (χ2n) is 7.15. The van der Waals surface area contributed by atoms with E-state index < -0.39 is 15.9 Å². The molecule has 186 valence electrons. The van der Waals surface area contributed by atoms with Crippen molar-refractivity contribution >= 4 is 33.2 Å². The minimum absolute atomic E-state index is 0.0540. The second-order valence-corrected chi connectivity index (χ2v) is 9.09. The third-order valence-electron chi connectivity index (χ3n) is 4.99. The molecule has 0 spiro atoms. The molecule has 0 aromatic heterocycles. The summed E-state index contributed by atoms with van der Waals surface area (Å²) in [4.78, 5) is 25.1. The van der Waals surface area contributed by atoms with E-state index in [-0.39, 0.29) is 23.0 Å². The van der Waals surface area contributed by atoms with Crippen LogP contribution in [-0.4, -0.2) is 71.5 Å². The molecule has 11 heteroatoms. The molecule has 0 fully saturated rings. The Kier molecular flexibility index (Phi) is 10.3. The van der Waals surface area contributed by atoms with Crippen molar-refractivity contribution in [2.24, 2.45) is 0 Å². The minimum atomic E-state index is -3.71. The van der Waals surface area contributed by atoms with Crippen molar-refractivity contribution in [3.05, 3.63) is 48.0 Å². The predicted molar refractivity (Wildman–Crippen MR) is 131 cm³/mol. The lowest BCUT2D eigenvalue weighted by Crippen LogP contribution is -2.30. The molecule has 0 aliphatic carbocycles. The third-order valence-corrected chi connectivity index (χ3v) is 7.04. The van der Waals surface area contributed by atoms with E-state index in [2.05, 4.69) is 16.0 Å². The molecule has 0 saturated carbocycles. The molecule has 3 N–H and O–H groups in total. The molecular formula is C23H32N4O6S. The van der Waals surface area contributed by atoms with Crippen LogP contribution in [0.3, 0.4) is 0 Å². The van der Waals surface area contributed by atoms with E-state index in [1.54, 1.807) is 45.2 Å². The van der Waals surface area contributed by atoms with Crippen LogP contribution in [0.1, 0.15) is 24.2 Å². The van der Waals surface area contributed by atoms with E-state index in [4.69, 9.17) is 9.47 Å². The van der Waals surface area contributed by atoms with Crippen LogP contribution in [-0.2, 0) is 19.6 Å². The first-order chi connectivity index (χ1) is 16.3. The molecule has 2 aromatic rings. The molecule has 34 heavy (non-hydrogen) atoms. The van der Waals surface area contributed by atoms with Crippen LogP contribution in [0.5, 0.6) is 5.75 Å². The van der Waals surface area contributed by atoms with Gasteiger partial charge in [-0.25, -0.2) is 8.42 Å². The lowest BCUT2D eigenvalue weighted by molar-refractivity contribution is -0.114. The van der Waals surface area contributed by atoms with Gasteiger partial charge in [-0.1, -0.05) is 26.0 Å². The van der Waals surface area contributed by atoms with Crippen LogP contribution in [0.15, 0.2) is 47.4 Å². The molecule has 2 rings (SSSR count). The summed E-state index contributed by atoms with van der Waals surface area (Å²) in [7, 11) is -0.731. The van der Waals surface area contributed by atoms with Gasteiger partial charge in [0.15, 0.2) is 0 Å². The molecule has 10 nitrogen and oxygen atoms in total. The number of amides is 2. The molecule has 0 bridgehead atoms. The summed E-state index contributed by atoms with van der Waals surface area (Å²) >= 11 is 0. The maximum absolute atomic E-state index is 12.9. The maximum atomic E-state index is 12.9. The van der Waals surface area contributed by atoms with Gasteiger partial charge in [-0.15, -0.1) is 0 Å². The van der Waals surface area contributed by atoms with Gasteiger partial charge in [-0.2, -0.15) is 4.31 Å². The van der Waals surface area contributed by atoms with Gasteiger partial charge in [-0.05, 0) is 30.3 Å². The van der Waals surface area contributed by atoms with E-state index in [0.717, 1.165) is 0 Å². The number of para-hydroxylation sites is 1. The first-order valence-electron chi connectivity index (χ1n) is 10.9. The lowest BCUT2D eigenvalue weighted by atomic mass is 10.1. The van der Waals surface area contributed by atoms with Gasteiger partial charge in [0.1, 0.15) is 5.75 Å². The summed E-state index contributed by atoms with van der Waals surface area (Å²) in [5.74, 6) is -0.411. The fraction of sp³-hybridized carbons (Fsp3) is 0.391. The van der Waals surface area contributed by atoms with Crippen molar-refractivity contribution in [1.29, 1.82) is 0 Å². The van der Waals surface area contributed by atoms with Crippen molar-refractivity contribution in [1.82, 2.24) is 9.62 Å². The van der Waals surface area contributed by atoms with Crippen molar-refractivity contribution in [2.45, 2.75) is 18.7 Å². The van der Waals surface area contributed by atoms with Crippen LogP contribution < -0.4 is 20.7 Å². The van der Waals surface area contributed by atoms with Gasteiger partial charge in [-0.3, -0.25) is 9.59 Å². The van der Waals surface area contributed by atoms with Gasteiger partial charge >= 0.3 is 0 Å². The van der Waals surface area contributed by atoms with Crippen LogP contribution in [0.25, 0.3) is 0 Å². The Hall–Kier alpha value is -3.15. The number of nitrogens with zero attached hydrogens (tertiary/aromatic N) is 1. The van der Waals surface area contributed by atoms with Crippen molar-refractivity contribution < 1.29 is 27.5 Å². The highest BCUT2D eigenvalue weighted by Gasteiger charge is 2.23. The molecule has 0 aliphatic rings. The van der Waals surface area contributed by atoms with E-state index in [1.807, 2.05) is 0 Å². The molecule has 0 unspecified atom stereocenters. The Morgan fingerprint density at radius 1 is 1.00 bits per heavy atom. The average molecular weight is 493 g/mol. The van der Waals surface area contributed by atoms with Gasteiger partial charge in [0.2, 0.25) is 15.9 Å². The summed E-state index contributed by atoms with van der Waals surface area (Å²) in [5.41, 5.74) is 1.10. The summed E-state index contributed by atoms with van der Waals surface area (Å²) in [5, 5.41) is 8.38. The highest BCUT2D eigenvalue weighted by Crippen LogP contribution is 2.29. The van der Waals surface area contributed by atoms with Crippen LogP contribution in [0, 0.1) is 0 Å². The van der Waals surface area contributed by atoms with Crippen molar-refractivity contribution in [3.63, 3.8) is 0 Å². The summed E-state index contributed by atoms with van der Waals surface area (Å²) < 4.78 is 37.2. The Bertz CT molecular complexity index is 1090. The number of carbonyl (C=O) groups is 2. The quantitative estimate of drug-likeness (QED) is 0.366. The SMILES string of the molecule is CCN(CC)S(=O)(=O)c1ccc(OC)c(NC(=O)CNc2ccccc2C(=O)NCCOC)c1. The second kappa shape index (κ2) is 12.9. The molecule has 0 aliphatic heterocycles. The standard InChI is InChI=1S/C23H32N4O6S/c1-5-27(6-2)34(30,31)17-11-12-21(33-4)20(15-17)26-22(28)16-25-19-10-8-7-9-18(19)23(29)24-13-14-32-3/h7-12,15,25H,5-6,13-14,16H2,1-4H3,(H,24,29)(H,26,28). The third kappa shape index (κ3) is 6.92. The highest BCUT2D eigenvalue weighted by atomic mass is 32.2. The topological polar surface area (TPSA) is 126 Å². The maximum Gasteiger partial charge on any atom is 0.253 e. The Morgan fingerprint density at radius 2 is 1.71 bits per heavy atom. The summed E-state index contributed by atoms with van der Waals surface area (Å²) in [6.07, 6.45) is 0. The monoisotopic (exact) mass is 492 g/mol. The fourth-order valence-corrected chi connectivity index (χ4v) is 4.71. The Balaban J connectivity index is 2.15. The highest BCUT2D eigenvalue weighted by molar-refractivity contribution is 7.89. The van der Waals surface area contributed by atoms with Gasteiger partial charge < -0.3 is 25.4 Å². The minimum Gasteiger partial charge on any atom is -0.495 e. The molecule has 0 radical (unpaired) electrons. The number of anilines is 2. The number of ether oxygens (including phenoxy) is 2. The smallest absolute Gasteiger partial charge is 0.253 e. The Morgan fingerprint density at radius 3 is 2.35 bits per heavy atom. The van der Waals surface area contributed by atoms with Gasteiger partial charge in [0, 0.05) is 32.4 Å². The molecule has 0 saturated heterocycles. The molecule has 2 amide bonds. The van der Waals surface area contributed by atoms with Gasteiger partial charge in [0.25, 0.3) is 5.91 Å². The van der Waals surface area contributed by atoms with Crippen LogP contribution >= 0.6 is 0 Å². The molecule has 0 atom stereocenters. The lowest BCUT2D eigenvalue weighted by Gasteiger charge is -2.20. The van der Waals surface area contributed by atoms with Gasteiger partial charge in [0.05, 0.1) is 36.4 Å². The zero-order chi connectivity index (χ0) is 25.1. The summed E-state index contributed by atoms with van der Waals surface area (Å²) in [6, 6.07) is 11.1. The van der Waals surface area contributed by atoms with Crippen LogP contribution in [0.4, 0.5) is 11.4 Å². The van der Waals surface area contributed by atoms with E-state index in [9.17, 15) is 18.0 Å². The first-order valence-corrected chi connectivity index (χ1v) is 12.3. The average Bonchev–Trinajstić information content (AvgIpc) is 2.83. The number of benzene rings is 2. The first kappa shape index (κ1) is 27.1. The molecule has 0 heterocycles. The van der Waals surface area contributed by atoms with E-state index >= 15 is 0 Å². The predicted octanol–water partition coefficient (Wildman–Crippen LogP) is 2.15. The molecule has 2 aromatic carbocycles. The number of hydrogen-bond acceptors (Lipinski definition) is 7. The van der Waals surface area contributed by atoms with Crippen LogP contribution in [0.2, 0.25) is 0 Å². The summed E-state index contributed by atoms with van der Waals surface area (Å²) in [6.45, 7) is 4.76.